The molecule has 0 unspecified atom stereocenters. The number of benzene rings is 2. The maximum atomic E-state index is 12.4. The fraction of sp³-hybridized carbons (Fsp3) is 0.273. The van der Waals surface area contributed by atoms with E-state index in [-0.39, 0.29) is 5.91 Å². The van der Waals surface area contributed by atoms with Crippen molar-refractivity contribution in [3.05, 3.63) is 77.6 Å². The smallest absolute Gasteiger partial charge is 0.255 e. The number of nitrogens with zero attached hydrogens (tertiary/aromatic N) is 2. The highest BCUT2D eigenvalue weighted by atomic mass is 16.5. The molecule has 3 aromatic rings. The molecular formula is C22H25N3O2. The van der Waals surface area contributed by atoms with E-state index in [1.807, 2.05) is 67.1 Å². The van der Waals surface area contributed by atoms with E-state index in [4.69, 9.17) is 4.74 Å². The van der Waals surface area contributed by atoms with Gasteiger partial charge in [-0.15, -0.1) is 0 Å². The summed E-state index contributed by atoms with van der Waals surface area (Å²) in [5.74, 6) is 0.522. The number of hydrogen-bond acceptors (Lipinski definition) is 3. The first-order chi connectivity index (χ1) is 13.2. The van der Waals surface area contributed by atoms with Gasteiger partial charge in [-0.1, -0.05) is 30.3 Å². The fourth-order valence-electron chi connectivity index (χ4n) is 2.97. The number of hydrogen-bond donors (Lipinski definition) is 1. The molecule has 0 bridgehead atoms. The lowest BCUT2D eigenvalue weighted by atomic mass is 10.1. The highest BCUT2D eigenvalue weighted by Crippen LogP contribution is 2.18. The summed E-state index contributed by atoms with van der Waals surface area (Å²) in [7, 11) is 0. The van der Waals surface area contributed by atoms with Crippen LogP contribution in [-0.4, -0.2) is 28.8 Å². The molecule has 1 heterocycles. The molecule has 3 rings (SSSR count). The number of carbonyl (C=O) groups excluding carboxylic acids is 1. The summed E-state index contributed by atoms with van der Waals surface area (Å²) < 4.78 is 7.43. The second kappa shape index (κ2) is 9.03. The van der Waals surface area contributed by atoms with Gasteiger partial charge >= 0.3 is 0 Å². The topological polar surface area (TPSA) is 56.1 Å². The first-order valence-electron chi connectivity index (χ1n) is 9.29. The van der Waals surface area contributed by atoms with Gasteiger partial charge < -0.3 is 10.1 Å². The van der Waals surface area contributed by atoms with Gasteiger partial charge in [0.05, 0.1) is 23.6 Å². The third kappa shape index (κ3) is 4.76. The minimum Gasteiger partial charge on any atom is -0.493 e. The summed E-state index contributed by atoms with van der Waals surface area (Å²) >= 11 is 0. The molecule has 0 radical (unpaired) electrons. The van der Waals surface area contributed by atoms with Gasteiger partial charge in [-0.3, -0.25) is 4.79 Å². The normalized spacial score (nSPS) is 10.6. The second-order valence-electron chi connectivity index (χ2n) is 6.31. The molecule has 0 saturated heterocycles. The van der Waals surface area contributed by atoms with E-state index in [0.717, 1.165) is 24.2 Å². The number of para-hydroxylation sites is 2. The van der Waals surface area contributed by atoms with E-state index >= 15 is 0 Å². The Morgan fingerprint density at radius 2 is 1.85 bits per heavy atom. The Labute approximate surface area is 160 Å². The summed E-state index contributed by atoms with van der Waals surface area (Å²) in [5.41, 5.74) is 3.84. The number of amides is 1. The van der Waals surface area contributed by atoms with Gasteiger partial charge in [0, 0.05) is 12.7 Å². The van der Waals surface area contributed by atoms with Gasteiger partial charge in [0.1, 0.15) is 5.75 Å². The summed E-state index contributed by atoms with van der Waals surface area (Å²) in [6, 6.07) is 17.4. The molecule has 1 N–H and O–H groups in total. The standard InChI is InChI=1S/C22H25N3O2/c1-3-27-21-14-8-7-13-20(21)22(26)23-15-9-10-18-16-25(24-17(18)2)19-11-5-4-6-12-19/h4-8,11-14,16H,3,9-10,15H2,1-2H3,(H,23,26). The molecule has 0 aliphatic carbocycles. The molecule has 2 aromatic carbocycles. The van der Waals surface area contributed by atoms with Crippen LogP contribution in [0.5, 0.6) is 5.75 Å². The molecule has 0 aliphatic heterocycles. The van der Waals surface area contributed by atoms with E-state index in [2.05, 4.69) is 16.6 Å². The Morgan fingerprint density at radius 1 is 1.11 bits per heavy atom. The average molecular weight is 363 g/mol. The van der Waals surface area contributed by atoms with Crippen LogP contribution in [-0.2, 0) is 6.42 Å². The number of aryl methyl sites for hydroxylation is 2. The van der Waals surface area contributed by atoms with Crippen molar-refractivity contribution in [1.82, 2.24) is 15.1 Å². The van der Waals surface area contributed by atoms with Crippen LogP contribution in [0.3, 0.4) is 0 Å². The predicted molar refractivity (Wildman–Crippen MR) is 107 cm³/mol. The molecule has 0 fully saturated rings. The Hall–Kier alpha value is -3.08. The number of rotatable bonds is 8. The SMILES string of the molecule is CCOc1ccccc1C(=O)NCCCc1cn(-c2ccccc2)nc1C. The molecule has 27 heavy (non-hydrogen) atoms. The van der Waals surface area contributed by atoms with Gasteiger partial charge in [0.15, 0.2) is 0 Å². The van der Waals surface area contributed by atoms with Crippen LogP contribution < -0.4 is 10.1 Å². The molecule has 1 aromatic heterocycles. The molecule has 0 spiro atoms. The summed E-state index contributed by atoms with van der Waals surface area (Å²) in [4.78, 5) is 12.4. The van der Waals surface area contributed by atoms with Crippen molar-refractivity contribution < 1.29 is 9.53 Å². The van der Waals surface area contributed by atoms with E-state index in [1.54, 1.807) is 6.07 Å². The second-order valence-corrected chi connectivity index (χ2v) is 6.31. The quantitative estimate of drug-likeness (QED) is 0.617. The van der Waals surface area contributed by atoms with Gasteiger partial charge in [0.2, 0.25) is 0 Å². The Bertz CT molecular complexity index is 888. The van der Waals surface area contributed by atoms with Gasteiger partial charge in [-0.25, -0.2) is 4.68 Å². The third-order valence-electron chi connectivity index (χ3n) is 4.36. The summed E-state index contributed by atoms with van der Waals surface area (Å²) in [5, 5.41) is 7.57. The first kappa shape index (κ1) is 18.7. The van der Waals surface area contributed by atoms with E-state index in [9.17, 15) is 4.79 Å². The average Bonchev–Trinajstić information content (AvgIpc) is 3.07. The van der Waals surface area contributed by atoms with Crippen LogP contribution in [0.2, 0.25) is 0 Å². The minimum atomic E-state index is -0.101. The van der Waals surface area contributed by atoms with E-state index < -0.39 is 0 Å². The first-order valence-corrected chi connectivity index (χ1v) is 9.29. The zero-order chi connectivity index (χ0) is 19.1. The fourth-order valence-corrected chi connectivity index (χ4v) is 2.97. The van der Waals surface area contributed by atoms with Crippen molar-refractivity contribution in [1.29, 1.82) is 0 Å². The molecule has 5 nitrogen and oxygen atoms in total. The maximum Gasteiger partial charge on any atom is 0.255 e. The number of ether oxygens (including phenoxy) is 1. The van der Waals surface area contributed by atoms with Crippen LogP contribution >= 0.6 is 0 Å². The zero-order valence-corrected chi connectivity index (χ0v) is 15.8. The van der Waals surface area contributed by atoms with Crippen LogP contribution in [0.15, 0.2) is 60.8 Å². The number of nitrogens with one attached hydrogen (secondary N) is 1. The Morgan fingerprint density at radius 3 is 2.63 bits per heavy atom. The molecular weight excluding hydrogens is 338 g/mol. The summed E-state index contributed by atoms with van der Waals surface area (Å²) in [6.45, 7) is 5.07. The number of aromatic nitrogens is 2. The lowest BCUT2D eigenvalue weighted by molar-refractivity contribution is 0.0949. The Balaban J connectivity index is 1.54. The van der Waals surface area contributed by atoms with E-state index in [1.165, 1.54) is 5.56 Å². The van der Waals surface area contributed by atoms with Crippen LogP contribution in [0.4, 0.5) is 0 Å². The molecule has 140 valence electrons. The van der Waals surface area contributed by atoms with Crippen molar-refractivity contribution >= 4 is 5.91 Å². The third-order valence-corrected chi connectivity index (χ3v) is 4.36. The zero-order valence-electron chi connectivity index (χ0n) is 15.8. The lowest BCUT2D eigenvalue weighted by Gasteiger charge is -2.10. The molecule has 1 amide bonds. The molecule has 0 aliphatic rings. The van der Waals surface area contributed by atoms with Crippen LogP contribution in [0.1, 0.15) is 35.0 Å². The van der Waals surface area contributed by atoms with Crippen molar-refractivity contribution in [3.8, 4) is 11.4 Å². The molecule has 0 saturated carbocycles. The number of carbonyl (C=O) groups is 1. The van der Waals surface area contributed by atoms with Crippen molar-refractivity contribution in [3.63, 3.8) is 0 Å². The summed E-state index contributed by atoms with van der Waals surface area (Å²) in [6.07, 6.45) is 3.78. The predicted octanol–water partition coefficient (Wildman–Crippen LogP) is 3.94. The highest BCUT2D eigenvalue weighted by molar-refractivity contribution is 5.96. The van der Waals surface area contributed by atoms with Crippen molar-refractivity contribution in [2.75, 3.05) is 13.2 Å². The van der Waals surface area contributed by atoms with Crippen LogP contribution in [0.25, 0.3) is 5.69 Å². The monoisotopic (exact) mass is 363 g/mol. The maximum absolute atomic E-state index is 12.4. The molecule has 5 heteroatoms. The largest absolute Gasteiger partial charge is 0.493 e. The van der Waals surface area contributed by atoms with Crippen molar-refractivity contribution in [2.24, 2.45) is 0 Å². The molecule has 0 atom stereocenters. The lowest BCUT2D eigenvalue weighted by Crippen LogP contribution is -2.25. The van der Waals surface area contributed by atoms with E-state index in [0.29, 0.717) is 24.5 Å². The van der Waals surface area contributed by atoms with Crippen molar-refractivity contribution in [2.45, 2.75) is 26.7 Å². The van der Waals surface area contributed by atoms with Gasteiger partial charge in [-0.2, -0.15) is 5.10 Å². The van der Waals surface area contributed by atoms with Gasteiger partial charge in [-0.05, 0) is 56.5 Å². The Kier molecular flexibility index (Phi) is 6.26. The highest BCUT2D eigenvalue weighted by Gasteiger charge is 2.11. The van der Waals surface area contributed by atoms with Gasteiger partial charge in [0.25, 0.3) is 5.91 Å². The minimum absolute atomic E-state index is 0.101. The van der Waals surface area contributed by atoms with Crippen LogP contribution in [0, 0.1) is 6.92 Å².